The number of para-hydroxylation sites is 1. The minimum Gasteiger partial charge on any atom is -0.489 e. The summed E-state index contributed by atoms with van der Waals surface area (Å²) >= 11 is 3.34. The topological polar surface area (TPSA) is 29.5 Å². The van der Waals surface area contributed by atoms with Crippen LogP contribution in [0.3, 0.4) is 0 Å². The number of aliphatic hydroxyl groups excluding tert-OH is 1. The van der Waals surface area contributed by atoms with E-state index >= 15 is 0 Å². The molecule has 1 aromatic rings. The highest BCUT2D eigenvalue weighted by Gasteiger charge is 2.22. The SMILES string of the molecule is O[C@H]1COc2c(Br)cccc21. The number of aliphatic hydroxyl groups is 1. The first kappa shape index (κ1) is 7.13. The van der Waals surface area contributed by atoms with Gasteiger partial charge in [-0.15, -0.1) is 0 Å². The van der Waals surface area contributed by atoms with E-state index in [2.05, 4.69) is 15.9 Å². The van der Waals surface area contributed by atoms with Gasteiger partial charge in [-0.25, -0.2) is 0 Å². The minimum absolute atomic E-state index is 0.373. The Kier molecular flexibility index (Phi) is 1.62. The van der Waals surface area contributed by atoms with Gasteiger partial charge in [0.05, 0.1) is 4.47 Å². The molecule has 1 aromatic carbocycles. The van der Waals surface area contributed by atoms with Crippen LogP contribution in [0.1, 0.15) is 11.7 Å². The zero-order valence-electron chi connectivity index (χ0n) is 5.75. The maximum atomic E-state index is 9.36. The summed E-state index contributed by atoms with van der Waals surface area (Å²) < 4.78 is 6.15. The largest absolute Gasteiger partial charge is 0.489 e. The fourth-order valence-electron chi connectivity index (χ4n) is 1.19. The Balaban J connectivity index is 2.57. The lowest BCUT2D eigenvalue weighted by Crippen LogP contribution is -1.97. The second kappa shape index (κ2) is 2.50. The van der Waals surface area contributed by atoms with Crippen molar-refractivity contribution < 1.29 is 9.84 Å². The molecule has 0 radical (unpaired) electrons. The van der Waals surface area contributed by atoms with Crippen LogP contribution in [0, 0.1) is 0 Å². The third kappa shape index (κ3) is 1.04. The van der Waals surface area contributed by atoms with Crippen LogP contribution in [0.4, 0.5) is 0 Å². The van der Waals surface area contributed by atoms with Gasteiger partial charge >= 0.3 is 0 Å². The van der Waals surface area contributed by atoms with Gasteiger partial charge in [-0.2, -0.15) is 0 Å². The first-order chi connectivity index (χ1) is 5.29. The van der Waals surface area contributed by atoms with Gasteiger partial charge in [0, 0.05) is 5.56 Å². The van der Waals surface area contributed by atoms with E-state index in [1.807, 2.05) is 18.2 Å². The predicted octanol–water partition coefficient (Wildman–Crippen LogP) is 1.87. The molecule has 0 spiro atoms. The normalized spacial score (nSPS) is 21.1. The number of rotatable bonds is 0. The maximum absolute atomic E-state index is 9.36. The van der Waals surface area contributed by atoms with E-state index in [9.17, 15) is 5.11 Å². The van der Waals surface area contributed by atoms with E-state index in [4.69, 9.17) is 4.74 Å². The average molecular weight is 215 g/mol. The monoisotopic (exact) mass is 214 g/mol. The van der Waals surface area contributed by atoms with Crippen LogP contribution >= 0.6 is 15.9 Å². The Morgan fingerprint density at radius 1 is 1.55 bits per heavy atom. The number of halogens is 1. The summed E-state index contributed by atoms with van der Waals surface area (Å²) in [7, 11) is 0. The second-order valence-electron chi connectivity index (χ2n) is 2.48. The molecule has 0 bridgehead atoms. The summed E-state index contributed by atoms with van der Waals surface area (Å²) in [5, 5.41) is 9.36. The molecule has 58 valence electrons. The molecule has 11 heavy (non-hydrogen) atoms. The zero-order chi connectivity index (χ0) is 7.84. The highest BCUT2D eigenvalue weighted by molar-refractivity contribution is 9.10. The van der Waals surface area contributed by atoms with Gasteiger partial charge in [-0.3, -0.25) is 0 Å². The first-order valence-electron chi connectivity index (χ1n) is 3.38. The van der Waals surface area contributed by atoms with Crippen LogP contribution in [-0.2, 0) is 0 Å². The molecule has 0 aromatic heterocycles. The van der Waals surface area contributed by atoms with Crippen molar-refractivity contribution in [3.05, 3.63) is 28.2 Å². The van der Waals surface area contributed by atoms with Gasteiger partial charge in [0.25, 0.3) is 0 Å². The number of benzene rings is 1. The molecule has 0 fully saturated rings. The van der Waals surface area contributed by atoms with Crippen LogP contribution in [0.5, 0.6) is 5.75 Å². The molecule has 0 aliphatic carbocycles. The van der Waals surface area contributed by atoms with Crippen molar-refractivity contribution in [2.45, 2.75) is 6.10 Å². The lowest BCUT2D eigenvalue weighted by atomic mass is 10.1. The predicted molar refractivity (Wildman–Crippen MR) is 44.6 cm³/mol. The zero-order valence-corrected chi connectivity index (χ0v) is 7.34. The van der Waals surface area contributed by atoms with Gasteiger partial charge in [0.15, 0.2) is 0 Å². The van der Waals surface area contributed by atoms with E-state index < -0.39 is 6.10 Å². The second-order valence-corrected chi connectivity index (χ2v) is 3.34. The van der Waals surface area contributed by atoms with Crippen LogP contribution in [-0.4, -0.2) is 11.7 Å². The van der Waals surface area contributed by atoms with E-state index in [1.165, 1.54) is 0 Å². The summed E-state index contributed by atoms with van der Waals surface area (Å²) in [6.45, 7) is 0.373. The Labute approximate surface area is 72.9 Å². The summed E-state index contributed by atoms with van der Waals surface area (Å²) in [6, 6.07) is 5.66. The van der Waals surface area contributed by atoms with Gasteiger partial charge in [-0.05, 0) is 22.0 Å². The smallest absolute Gasteiger partial charge is 0.139 e. The van der Waals surface area contributed by atoms with Crippen LogP contribution in [0.2, 0.25) is 0 Å². The number of ether oxygens (including phenoxy) is 1. The van der Waals surface area contributed by atoms with E-state index in [0.717, 1.165) is 15.8 Å². The van der Waals surface area contributed by atoms with Crippen LogP contribution in [0.25, 0.3) is 0 Å². The van der Waals surface area contributed by atoms with Crippen molar-refractivity contribution in [1.82, 2.24) is 0 Å². The molecule has 1 aliphatic rings. The Bertz CT molecular complexity index is 285. The molecule has 0 amide bonds. The molecule has 3 heteroatoms. The molecule has 1 atom stereocenters. The van der Waals surface area contributed by atoms with Crippen molar-refractivity contribution in [3.63, 3.8) is 0 Å². The average Bonchev–Trinajstić information content (AvgIpc) is 2.35. The summed E-state index contributed by atoms with van der Waals surface area (Å²) in [5.74, 6) is 0.778. The summed E-state index contributed by atoms with van der Waals surface area (Å²) in [5.41, 5.74) is 0.874. The van der Waals surface area contributed by atoms with Crippen molar-refractivity contribution in [1.29, 1.82) is 0 Å². The molecule has 1 aliphatic heterocycles. The fourth-order valence-corrected chi connectivity index (χ4v) is 1.69. The van der Waals surface area contributed by atoms with E-state index in [1.54, 1.807) is 0 Å². The lowest BCUT2D eigenvalue weighted by molar-refractivity contribution is 0.140. The van der Waals surface area contributed by atoms with Crippen molar-refractivity contribution in [3.8, 4) is 5.75 Å². The highest BCUT2D eigenvalue weighted by Crippen LogP contribution is 2.37. The number of hydrogen-bond donors (Lipinski definition) is 1. The van der Waals surface area contributed by atoms with Crippen molar-refractivity contribution >= 4 is 15.9 Å². The van der Waals surface area contributed by atoms with Gasteiger partial charge in [-0.1, -0.05) is 12.1 Å². The molecule has 0 saturated heterocycles. The molecule has 0 saturated carbocycles. The Morgan fingerprint density at radius 2 is 2.36 bits per heavy atom. The van der Waals surface area contributed by atoms with Crippen LogP contribution in [0.15, 0.2) is 22.7 Å². The standard InChI is InChI=1S/C8H7BrO2/c9-6-3-1-2-5-7(10)4-11-8(5)6/h1-3,7,10H,4H2/t7-/m0/s1. The molecular weight excluding hydrogens is 208 g/mol. The fraction of sp³-hybridized carbons (Fsp3) is 0.250. The van der Waals surface area contributed by atoms with Gasteiger partial charge < -0.3 is 9.84 Å². The molecule has 1 N–H and O–H groups in total. The van der Waals surface area contributed by atoms with E-state index in [0.29, 0.717) is 6.61 Å². The Hall–Kier alpha value is -0.540. The van der Waals surface area contributed by atoms with Crippen molar-refractivity contribution in [2.24, 2.45) is 0 Å². The van der Waals surface area contributed by atoms with Gasteiger partial charge in [0.2, 0.25) is 0 Å². The number of fused-ring (bicyclic) bond motifs is 1. The summed E-state index contributed by atoms with van der Waals surface area (Å²) in [4.78, 5) is 0. The van der Waals surface area contributed by atoms with E-state index in [-0.39, 0.29) is 0 Å². The molecule has 1 heterocycles. The number of hydrogen-bond acceptors (Lipinski definition) is 2. The third-order valence-electron chi connectivity index (χ3n) is 1.74. The lowest BCUT2D eigenvalue weighted by Gasteiger charge is -1.99. The van der Waals surface area contributed by atoms with Gasteiger partial charge in [0.1, 0.15) is 18.5 Å². The molecule has 0 unspecified atom stereocenters. The van der Waals surface area contributed by atoms with Crippen molar-refractivity contribution in [2.75, 3.05) is 6.61 Å². The van der Waals surface area contributed by atoms with Crippen LogP contribution < -0.4 is 4.74 Å². The molecule has 2 nitrogen and oxygen atoms in total. The molecule has 2 rings (SSSR count). The maximum Gasteiger partial charge on any atom is 0.139 e. The quantitative estimate of drug-likeness (QED) is 0.715. The highest BCUT2D eigenvalue weighted by atomic mass is 79.9. The molecular formula is C8H7BrO2. The summed E-state index contributed by atoms with van der Waals surface area (Å²) in [6.07, 6.45) is -0.456. The third-order valence-corrected chi connectivity index (χ3v) is 2.37. The minimum atomic E-state index is -0.456. The first-order valence-corrected chi connectivity index (χ1v) is 4.17. The Morgan fingerprint density at radius 3 is 3.09 bits per heavy atom.